The summed E-state index contributed by atoms with van der Waals surface area (Å²) in [6.45, 7) is 1.52. The molecule has 22 heavy (non-hydrogen) atoms. The zero-order valence-corrected chi connectivity index (χ0v) is 12.9. The number of fused-ring (bicyclic) bond motifs is 1. The highest BCUT2D eigenvalue weighted by Gasteiger charge is 2.45. The van der Waals surface area contributed by atoms with Crippen LogP contribution in [0.2, 0.25) is 0 Å². The van der Waals surface area contributed by atoms with Gasteiger partial charge < -0.3 is 15.4 Å². The van der Waals surface area contributed by atoms with E-state index in [1.807, 2.05) is 6.07 Å². The minimum absolute atomic E-state index is 0.0588. The normalized spacial score (nSPS) is 25.0. The Morgan fingerprint density at radius 1 is 1.23 bits per heavy atom. The van der Waals surface area contributed by atoms with Gasteiger partial charge in [0.25, 0.3) is 0 Å². The van der Waals surface area contributed by atoms with Crippen molar-refractivity contribution in [3.05, 3.63) is 29.8 Å². The van der Waals surface area contributed by atoms with E-state index in [1.54, 1.807) is 0 Å². The van der Waals surface area contributed by atoms with Crippen LogP contribution in [0.25, 0.3) is 0 Å². The molecule has 4 nitrogen and oxygen atoms in total. The number of hydrogen-bond acceptors (Lipinski definition) is 3. The van der Waals surface area contributed by atoms with E-state index in [1.165, 1.54) is 12.0 Å². The number of ether oxygens (including phenoxy) is 1. The largest absolute Gasteiger partial charge is 0.487 e. The van der Waals surface area contributed by atoms with Crippen LogP contribution >= 0.6 is 0 Å². The van der Waals surface area contributed by atoms with Gasteiger partial charge in [0, 0.05) is 37.0 Å². The first kappa shape index (κ1) is 14.1. The standard InChI is InChI=1S/C18H24N2O2/c21-17(13-6-7-13)20-11-10-19-15-12-18(8-3-9-18)22-16-5-2-1-4-14(15)16/h1-2,4-5,13,15,19H,3,6-12H2,(H,20,21). The Labute approximate surface area is 131 Å². The monoisotopic (exact) mass is 300 g/mol. The van der Waals surface area contributed by atoms with Gasteiger partial charge in [0.2, 0.25) is 5.91 Å². The third-order valence-electron chi connectivity index (χ3n) is 5.22. The van der Waals surface area contributed by atoms with E-state index >= 15 is 0 Å². The molecule has 1 spiro atoms. The van der Waals surface area contributed by atoms with Crippen LogP contribution in [0.3, 0.4) is 0 Å². The van der Waals surface area contributed by atoms with Crippen LogP contribution in [0, 0.1) is 5.92 Å². The number of rotatable bonds is 5. The summed E-state index contributed by atoms with van der Waals surface area (Å²) in [7, 11) is 0. The summed E-state index contributed by atoms with van der Waals surface area (Å²) < 4.78 is 6.26. The van der Waals surface area contributed by atoms with Crippen LogP contribution < -0.4 is 15.4 Å². The molecule has 1 aromatic carbocycles. The maximum absolute atomic E-state index is 11.7. The van der Waals surface area contributed by atoms with E-state index in [9.17, 15) is 4.79 Å². The number of para-hydroxylation sites is 1. The minimum Gasteiger partial charge on any atom is -0.487 e. The molecule has 1 atom stereocenters. The lowest BCUT2D eigenvalue weighted by molar-refractivity contribution is -0.122. The molecule has 0 bridgehead atoms. The van der Waals surface area contributed by atoms with Crippen molar-refractivity contribution < 1.29 is 9.53 Å². The molecular formula is C18H24N2O2. The molecule has 118 valence electrons. The van der Waals surface area contributed by atoms with Crippen molar-refractivity contribution in [1.82, 2.24) is 10.6 Å². The molecule has 4 heteroatoms. The van der Waals surface area contributed by atoms with Crippen LogP contribution in [0.1, 0.15) is 50.1 Å². The third kappa shape index (κ3) is 2.72. The highest BCUT2D eigenvalue weighted by atomic mass is 16.5. The van der Waals surface area contributed by atoms with Crippen molar-refractivity contribution in [2.45, 2.75) is 50.2 Å². The van der Waals surface area contributed by atoms with Gasteiger partial charge in [0.1, 0.15) is 11.4 Å². The molecule has 1 aromatic rings. The fourth-order valence-corrected chi connectivity index (χ4v) is 3.60. The molecule has 0 aromatic heterocycles. The molecule has 0 saturated heterocycles. The highest BCUT2D eigenvalue weighted by molar-refractivity contribution is 5.80. The van der Waals surface area contributed by atoms with E-state index in [-0.39, 0.29) is 11.5 Å². The zero-order valence-electron chi connectivity index (χ0n) is 12.9. The van der Waals surface area contributed by atoms with Gasteiger partial charge in [-0.25, -0.2) is 0 Å². The summed E-state index contributed by atoms with van der Waals surface area (Å²) in [6.07, 6.45) is 6.77. The van der Waals surface area contributed by atoms with Crippen LogP contribution in [0.4, 0.5) is 0 Å². The number of amides is 1. The first-order valence-electron chi connectivity index (χ1n) is 8.55. The van der Waals surface area contributed by atoms with Crippen LogP contribution in [-0.4, -0.2) is 24.6 Å². The summed E-state index contributed by atoms with van der Waals surface area (Å²) in [6, 6.07) is 8.69. The fraction of sp³-hybridized carbons (Fsp3) is 0.611. The minimum atomic E-state index is 0.0588. The van der Waals surface area contributed by atoms with Crippen molar-refractivity contribution in [2.75, 3.05) is 13.1 Å². The Morgan fingerprint density at radius 2 is 2.05 bits per heavy atom. The topological polar surface area (TPSA) is 50.4 Å². The third-order valence-corrected chi connectivity index (χ3v) is 5.22. The Kier molecular flexibility index (Phi) is 3.57. The molecule has 2 fully saturated rings. The van der Waals surface area contributed by atoms with E-state index in [2.05, 4.69) is 28.8 Å². The van der Waals surface area contributed by atoms with Gasteiger partial charge in [-0.1, -0.05) is 18.2 Å². The summed E-state index contributed by atoms with van der Waals surface area (Å²) in [4.78, 5) is 11.7. The van der Waals surface area contributed by atoms with Gasteiger partial charge in [0.15, 0.2) is 0 Å². The molecule has 2 saturated carbocycles. The Balaban J connectivity index is 1.36. The second-order valence-electron chi connectivity index (χ2n) is 6.95. The molecule has 1 aliphatic heterocycles. The molecular weight excluding hydrogens is 276 g/mol. The first-order valence-corrected chi connectivity index (χ1v) is 8.55. The fourth-order valence-electron chi connectivity index (χ4n) is 3.60. The Bertz CT molecular complexity index is 564. The summed E-state index contributed by atoms with van der Waals surface area (Å²) in [5, 5.41) is 6.65. The Hall–Kier alpha value is -1.55. The predicted molar refractivity (Wildman–Crippen MR) is 84.7 cm³/mol. The lowest BCUT2D eigenvalue weighted by atomic mass is 9.73. The second kappa shape index (κ2) is 5.58. The second-order valence-corrected chi connectivity index (χ2v) is 6.95. The quantitative estimate of drug-likeness (QED) is 0.822. The average Bonchev–Trinajstić information content (AvgIpc) is 3.34. The van der Waals surface area contributed by atoms with Crippen molar-refractivity contribution in [3.63, 3.8) is 0 Å². The van der Waals surface area contributed by atoms with Crippen molar-refractivity contribution in [3.8, 4) is 5.75 Å². The maximum Gasteiger partial charge on any atom is 0.223 e. The van der Waals surface area contributed by atoms with Gasteiger partial charge in [-0.2, -0.15) is 0 Å². The smallest absolute Gasteiger partial charge is 0.223 e. The number of nitrogens with one attached hydrogen (secondary N) is 2. The molecule has 1 unspecified atom stereocenters. The molecule has 0 radical (unpaired) electrons. The van der Waals surface area contributed by atoms with E-state index in [4.69, 9.17) is 4.74 Å². The maximum atomic E-state index is 11.7. The summed E-state index contributed by atoms with van der Waals surface area (Å²) in [5.41, 5.74) is 1.32. The average molecular weight is 300 g/mol. The SMILES string of the molecule is O=C(NCCNC1CC2(CCC2)Oc2ccccc21)C1CC1. The predicted octanol–water partition coefficient (Wildman–Crippen LogP) is 2.55. The highest BCUT2D eigenvalue weighted by Crippen LogP contribution is 2.48. The van der Waals surface area contributed by atoms with Gasteiger partial charge in [-0.3, -0.25) is 4.79 Å². The van der Waals surface area contributed by atoms with Crippen LogP contribution in [0.5, 0.6) is 5.75 Å². The lowest BCUT2D eigenvalue weighted by Crippen LogP contribution is -2.49. The van der Waals surface area contributed by atoms with Crippen molar-refractivity contribution >= 4 is 5.91 Å². The molecule has 3 aliphatic rings. The van der Waals surface area contributed by atoms with Crippen LogP contribution in [-0.2, 0) is 4.79 Å². The zero-order chi connectivity index (χ0) is 15.0. The molecule has 2 N–H and O–H groups in total. The lowest BCUT2D eigenvalue weighted by Gasteiger charge is -2.48. The molecule has 4 rings (SSSR count). The van der Waals surface area contributed by atoms with Crippen molar-refractivity contribution in [1.29, 1.82) is 0 Å². The Morgan fingerprint density at radius 3 is 2.77 bits per heavy atom. The molecule has 1 amide bonds. The van der Waals surface area contributed by atoms with Crippen LogP contribution in [0.15, 0.2) is 24.3 Å². The first-order chi connectivity index (χ1) is 10.8. The van der Waals surface area contributed by atoms with Gasteiger partial charge in [-0.15, -0.1) is 0 Å². The van der Waals surface area contributed by atoms with Gasteiger partial charge >= 0.3 is 0 Å². The van der Waals surface area contributed by atoms with E-state index < -0.39 is 0 Å². The number of hydrogen-bond donors (Lipinski definition) is 2. The van der Waals surface area contributed by atoms with Crippen molar-refractivity contribution in [2.24, 2.45) is 5.92 Å². The number of benzene rings is 1. The van der Waals surface area contributed by atoms with E-state index in [0.29, 0.717) is 18.5 Å². The van der Waals surface area contributed by atoms with Gasteiger partial charge in [-0.05, 0) is 38.2 Å². The summed E-state index contributed by atoms with van der Waals surface area (Å²) in [5.74, 6) is 1.56. The number of carbonyl (C=O) groups excluding carboxylic acids is 1. The summed E-state index contributed by atoms with van der Waals surface area (Å²) >= 11 is 0. The van der Waals surface area contributed by atoms with Gasteiger partial charge in [0.05, 0.1) is 0 Å². The molecule has 2 aliphatic carbocycles. The van der Waals surface area contributed by atoms with E-state index in [0.717, 1.165) is 44.4 Å². The number of carbonyl (C=O) groups is 1. The molecule has 1 heterocycles.